The Labute approximate surface area is 95.8 Å². The van der Waals surface area contributed by atoms with Gasteiger partial charge in [0.25, 0.3) is 6.43 Å². The van der Waals surface area contributed by atoms with Gasteiger partial charge in [-0.25, -0.2) is 13.8 Å². The number of carbonyl (C=O) groups is 1. The molecular weight excluding hydrogens is 232 g/mol. The molecule has 1 heterocycles. The monoisotopic (exact) mass is 241 g/mol. The molecule has 0 aliphatic heterocycles. The Bertz CT molecular complexity index is 483. The average Bonchev–Trinajstić information content (AvgIpc) is 2.27. The SMILES string of the molecule is COC(=O)Cc1cc(C#N)c(C(F)F)c(N)n1. The van der Waals surface area contributed by atoms with Gasteiger partial charge >= 0.3 is 5.97 Å². The molecule has 0 saturated carbocycles. The number of hydrogen-bond acceptors (Lipinski definition) is 5. The van der Waals surface area contributed by atoms with E-state index in [9.17, 15) is 13.6 Å². The number of anilines is 1. The number of nitriles is 1. The third kappa shape index (κ3) is 2.87. The Morgan fingerprint density at radius 1 is 1.71 bits per heavy atom. The second-order valence-corrected chi connectivity index (χ2v) is 3.13. The molecule has 2 N–H and O–H groups in total. The largest absolute Gasteiger partial charge is 0.469 e. The van der Waals surface area contributed by atoms with Crippen LogP contribution in [0.15, 0.2) is 6.07 Å². The molecule has 0 fully saturated rings. The molecule has 0 saturated heterocycles. The van der Waals surface area contributed by atoms with Crippen molar-refractivity contribution in [1.82, 2.24) is 4.98 Å². The number of rotatable bonds is 3. The number of nitrogens with zero attached hydrogens (tertiary/aromatic N) is 2. The first-order chi connectivity index (χ1) is 7.99. The van der Waals surface area contributed by atoms with Crippen LogP contribution >= 0.6 is 0 Å². The topological polar surface area (TPSA) is 89.0 Å². The van der Waals surface area contributed by atoms with Gasteiger partial charge in [-0.05, 0) is 6.07 Å². The van der Waals surface area contributed by atoms with Gasteiger partial charge in [0.05, 0.1) is 36.4 Å². The van der Waals surface area contributed by atoms with E-state index >= 15 is 0 Å². The van der Waals surface area contributed by atoms with E-state index < -0.39 is 23.8 Å². The van der Waals surface area contributed by atoms with Crippen LogP contribution in [-0.4, -0.2) is 18.1 Å². The van der Waals surface area contributed by atoms with Gasteiger partial charge in [-0.2, -0.15) is 5.26 Å². The van der Waals surface area contributed by atoms with Crippen LogP contribution in [0.4, 0.5) is 14.6 Å². The first-order valence-corrected chi connectivity index (χ1v) is 4.54. The van der Waals surface area contributed by atoms with Crippen LogP contribution in [0.1, 0.15) is 23.2 Å². The minimum Gasteiger partial charge on any atom is -0.469 e. The highest BCUT2D eigenvalue weighted by Crippen LogP contribution is 2.27. The molecule has 90 valence electrons. The average molecular weight is 241 g/mol. The van der Waals surface area contributed by atoms with E-state index in [1.165, 1.54) is 7.11 Å². The summed E-state index contributed by atoms with van der Waals surface area (Å²) in [5, 5.41) is 8.72. The predicted octanol–water partition coefficient (Wildman–Crippen LogP) is 1.19. The Morgan fingerprint density at radius 2 is 2.35 bits per heavy atom. The number of carbonyl (C=O) groups excluding carboxylic acids is 1. The minimum atomic E-state index is -2.88. The molecular formula is C10H9F2N3O2. The number of alkyl halides is 2. The number of halogens is 2. The molecule has 1 rings (SSSR count). The van der Waals surface area contributed by atoms with Gasteiger partial charge in [-0.3, -0.25) is 4.79 Å². The van der Waals surface area contributed by atoms with Gasteiger partial charge in [0.1, 0.15) is 5.82 Å². The van der Waals surface area contributed by atoms with Crippen LogP contribution in [-0.2, 0) is 16.0 Å². The van der Waals surface area contributed by atoms with Crippen LogP contribution in [0.25, 0.3) is 0 Å². The lowest BCUT2D eigenvalue weighted by molar-refractivity contribution is -0.139. The Balaban J connectivity index is 3.19. The number of hydrogen-bond donors (Lipinski definition) is 1. The van der Waals surface area contributed by atoms with E-state index in [0.29, 0.717) is 0 Å². The van der Waals surface area contributed by atoms with Gasteiger partial charge in [-0.1, -0.05) is 0 Å². The van der Waals surface area contributed by atoms with Crippen molar-refractivity contribution in [3.8, 4) is 6.07 Å². The molecule has 17 heavy (non-hydrogen) atoms. The zero-order valence-corrected chi connectivity index (χ0v) is 8.91. The summed E-state index contributed by atoms with van der Waals surface area (Å²) in [5.41, 5.74) is 4.55. The highest BCUT2D eigenvalue weighted by Gasteiger charge is 2.20. The van der Waals surface area contributed by atoms with Gasteiger partial charge in [0.2, 0.25) is 0 Å². The second-order valence-electron chi connectivity index (χ2n) is 3.13. The fraction of sp³-hybridized carbons (Fsp3) is 0.300. The van der Waals surface area contributed by atoms with Crippen LogP contribution in [0, 0.1) is 11.3 Å². The fourth-order valence-electron chi connectivity index (χ4n) is 1.26. The standard InChI is InChI=1S/C10H9F2N3O2/c1-17-7(16)3-6-2-5(4-13)8(9(11)12)10(14)15-6/h2,9H,3H2,1H3,(H2,14,15). The summed E-state index contributed by atoms with van der Waals surface area (Å²) < 4.78 is 29.5. The van der Waals surface area contributed by atoms with Crippen molar-refractivity contribution in [2.75, 3.05) is 12.8 Å². The van der Waals surface area contributed by atoms with E-state index in [1.807, 2.05) is 0 Å². The van der Waals surface area contributed by atoms with Crippen LogP contribution in [0.2, 0.25) is 0 Å². The number of esters is 1. The minimum absolute atomic E-state index is 0.121. The van der Waals surface area contributed by atoms with E-state index in [4.69, 9.17) is 11.0 Å². The molecule has 0 amide bonds. The first kappa shape index (κ1) is 12.8. The van der Waals surface area contributed by atoms with Crippen molar-refractivity contribution < 1.29 is 18.3 Å². The third-order valence-electron chi connectivity index (χ3n) is 2.03. The van der Waals surface area contributed by atoms with Gasteiger partial charge in [0, 0.05) is 0 Å². The fourth-order valence-corrected chi connectivity index (χ4v) is 1.26. The highest BCUT2D eigenvalue weighted by atomic mass is 19.3. The zero-order valence-electron chi connectivity index (χ0n) is 8.91. The quantitative estimate of drug-likeness (QED) is 0.803. The molecule has 0 atom stereocenters. The Kier molecular flexibility index (Phi) is 3.93. The Hall–Kier alpha value is -2.23. The maximum Gasteiger partial charge on any atom is 0.311 e. The summed E-state index contributed by atoms with van der Waals surface area (Å²) >= 11 is 0. The van der Waals surface area contributed by atoms with Crippen molar-refractivity contribution in [3.05, 3.63) is 22.9 Å². The van der Waals surface area contributed by atoms with E-state index in [2.05, 4.69) is 9.72 Å². The lowest BCUT2D eigenvalue weighted by Gasteiger charge is -2.08. The highest BCUT2D eigenvalue weighted by molar-refractivity contribution is 5.72. The van der Waals surface area contributed by atoms with Crippen LogP contribution < -0.4 is 5.73 Å². The predicted molar refractivity (Wildman–Crippen MR) is 54.0 cm³/mol. The lowest BCUT2D eigenvalue weighted by Crippen LogP contribution is -2.10. The molecule has 0 aliphatic carbocycles. The number of pyridine rings is 1. The van der Waals surface area contributed by atoms with Gasteiger partial charge in [-0.15, -0.1) is 0 Å². The molecule has 0 unspecified atom stereocenters. The number of aromatic nitrogens is 1. The normalized spacial score (nSPS) is 10.1. The molecule has 0 spiro atoms. The summed E-state index contributed by atoms with van der Waals surface area (Å²) in [6.07, 6.45) is -3.11. The summed E-state index contributed by atoms with van der Waals surface area (Å²) in [7, 11) is 1.18. The summed E-state index contributed by atoms with van der Waals surface area (Å²) in [5.74, 6) is -1.04. The maximum atomic E-state index is 12.6. The number of methoxy groups -OCH3 is 1. The third-order valence-corrected chi connectivity index (χ3v) is 2.03. The van der Waals surface area contributed by atoms with Crippen molar-refractivity contribution in [3.63, 3.8) is 0 Å². The zero-order chi connectivity index (χ0) is 13.0. The smallest absolute Gasteiger partial charge is 0.311 e. The molecule has 0 aromatic carbocycles. The molecule has 0 radical (unpaired) electrons. The number of nitrogens with two attached hydrogens (primary N) is 1. The molecule has 1 aromatic rings. The van der Waals surface area contributed by atoms with Gasteiger partial charge < -0.3 is 10.5 Å². The molecule has 0 aliphatic rings. The van der Waals surface area contributed by atoms with Crippen molar-refractivity contribution in [2.24, 2.45) is 0 Å². The van der Waals surface area contributed by atoms with Crippen molar-refractivity contribution in [1.29, 1.82) is 5.26 Å². The summed E-state index contributed by atoms with van der Waals surface area (Å²) in [4.78, 5) is 14.6. The number of nitrogen functional groups attached to an aromatic ring is 1. The number of ether oxygens (including phenoxy) is 1. The molecule has 5 nitrogen and oxygen atoms in total. The molecule has 1 aromatic heterocycles. The molecule has 0 bridgehead atoms. The van der Waals surface area contributed by atoms with Crippen molar-refractivity contribution in [2.45, 2.75) is 12.8 Å². The summed E-state index contributed by atoms with van der Waals surface area (Å²) in [6, 6.07) is 2.70. The second kappa shape index (κ2) is 5.21. The lowest BCUT2D eigenvalue weighted by atomic mass is 10.1. The van der Waals surface area contributed by atoms with Crippen LogP contribution in [0.5, 0.6) is 0 Å². The molecule has 7 heteroatoms. The first-order valence-electron chi connectivity index (χ1n) is 4.54. The van der Waals surface area contributed by atoms with E-state index in [-0.39, 0.29) is 17.7 Å². The van der Waals surface area contributed by atoms with Crippen LogP contribution in [0.3, 0.4) is 0 Å². The van der Waals surface area contributed by atoms with E-state index in [1.54, 1.807) is 6.07 Å². The van der Waals surface area contributed by atoms with Crippen molar-refractivity contribution >= 4 is 11.8 Å². The van der Waals surface area contributed by atoms with E-state index in [0.717, 1.165) is 6.07 Å². The van der Waals surface area contributed by atoms with Gasteiger partial charge in [0.15, 0.2) is 0 Å². The Morgan fingerprint density at radius 3 is 2.82 bits per heavy atom. The maximum absolute atomic E-state index is 12.6. The summed E-state index contributed by atoms with van der Waals surface area (Å²) in [6.45, 7) is 0.